The van der Waals surface area contributed by atoms with Gasteiger partial charge in [-0.15, -0.1) is 0 Å². The average Bonchev–Trinajstić information content (AvgIpc) is 3.30. The molecule has 1 aromatic carbocycles. The van der Waals surface area contributed by atoms with Crippen LogP contribution in [-0.4, -0.2) is 29.0 Å². The molecule has 1 aliphatic heterocycles. The topological polar surface area (TPSA) is 55.3 Å². The summed E-state index contributed by atoms with van der Waals surface area (Å²) in [5, 5.41) is 1.18. The van der Waals surface area contributed by atoms with Crippen LogP contribution in [0.15, 0.2) is 18.2 Å². The molecule has 0 unspecified atom stereocenters. The molecule has 0 spiro atoms. The van der Waals surface area contributed by atoms with E-state index in [1.165, 1.54) is 36.1 Å². The summed E-state index contributed by atoms with van der Waals surface area (Å²) < 4.78 is 9.30. The molecule has 5 nitrogen and oxygen atoms in total. The van der Waals surface area contributed by atoms with Gasteiger partial charge in [0.1, 0.15) is 5.01 Å². The van der Waals surface area contributed by atoms with E-state index in [1.54, 1.807) is 11.5 Å². The predicted octanol–water partition coefficient (Wildman–Crippen LogP) is 2.76. The van der Waals surface area contributed by atoms with E-state index >= 15 is 0 Å². The van der Waals surface area contributed by atoms with E-state index in [-0.39, 0.29) is 5.97 Å². The number of rotatable bonds is 3. The highest BCUT2D eigenvalue weighted by atomic mass is 32.1. The van der Waals surface area contributed by atoms with Crippen LogP contribution in [0.3, 0.4) is 0 Å². The summed E-state index contributed by atoms with van der Waals surface area (Å²) in [6.45, 7) is 1.69. The third kappa shape index (κ3) is 2.47. The largest absolute Gasteiger partial charge is 0.465 e. The number of benzene rings is 1. The Kier molecular flexibility index (Phi) is 3.33. The SMILES string of the molecule is COC(=O)c1ccc2c(c1)CCN(c1nsc(C3CC3)n1)C2. The number of nitrogens with zero attached hydrogens (tertiary/aromatic N) is 3. The summed E-state index contributed by atoms with van der Waals surface area (Å²) in [6, 6.07) is 5.79. The molecule has 6 heteroatoms. The van der Waals surface area contributed by atoms with E-state index < -0.39 is 0 Å². The quantitative estimate of drug-likeness (QED) is 0.815. The molecule has 2 aliphatic rings. The van der Waals surface area contributed by atoms with Gasteiger partial charge in [-0.25, -0.2) is 9.78 Å². The molecule has 0 N–H and O–H groups in total. The van der Waals surface area contributed by atoms with Crippen LogP contribution in [0, 0.1) is 0 Å². The Hall–Kier alpha value is -1.95. The second-order valence-corrected chi connectivity index (χ2v) is 6.64. The Morgan fingerprint density at radius 2 is 2.23 bits per heavy atom. The molecule has 0 radical (unpaired) electrons. The molecule has 0 bridgehead atoms. The van der Waals surface area contributed by atoms with Crippen LogP contribution in [0.4, 0.5) is 5.95 Å². The lowest BCUT2D eigenvalue weighted by atomic mass is 9.97. The number of hydrogen-bond donors (Lipinski definition) is 0. The second-order valence-electron chi connectivity index (χ2n) is 5.85. The minimum Gasteiger partial charge on any atom is -0.465 e. The molecule has 114 valence electrons. The Morgan fingerprint density at radius 3 is 3.00 bits per heavy atom. The van der Waals surface area contributed by atoms with Gasteiger partial charge in [0.25, 0.3) is 0 Å². The first-order valence-corrected chi connectivity index (χ1v) is 8.30. The number of carbonyl (C=O) groups excluding carboxylic acids is 1. The van der Waals surface area contributed by atoms with Crippen LogP contribution in [0.25, 0.3) is 0 Å². The van der Waals surface area contributed by atoms with E-state index in [0.717, 1.165) is 25.5 Å². The Labute approximate surface area is 133 Å². The van der Waals surface area contributed by atoms with E-state index in [2.05, 4.69) is 14.3 Å². The molecule has 0 amide bonds. The van der Waals surface area contributed by atoms with Crippen molar-refractivity contribution in [3.05, 3.63) is 39.9 Å². The zero-order valence-corrected chi connectivity index (χ0v) is 13.2. The number of esters is 1. The maximum Gasteiger partial charge on any atom is 0.337 e. The molecule has 0 atom stereocenters. The highest BCUT2D eigenvalue weighted by molar-refractivity contribution is 7.05. The lowest BCUT2D eigenvalue weighted by molar-refractivity contribution is 0.0600. The zero-order chi connectivity index (χ0) is 15.1. The minimum absolute atomic E-state index is 0.277. The number of methoxy groups -OCH3 is 1. The average molecular weight is 315 g/mol. The van der Waals surface area contributed by atoms with Gasteiger partial charge in [0.15, 0.2) is 0 Å². The maximum atomic E-state index is 11.6. The van der Waals surface area contributed by atoms with Crippen LogP contribution < -0.4 is 4.90 Å². The molecule has 2 heterocycles. The number of anilines is 1. The third-order valence-electron chi connectivity index (χ3n) is 4.28. The zero-order valence-electron chi connectivity index (χ0n) is 12.4. The van der Waals surface area contributed by atoms with E-state index in [1.807, 2.05) is 18.2 Å². The van der Waals surface area contributed by atoms with Crippen molar-refractivity contribution in [1.82, 2.24) is 9.36 Å². The fourth-order valence-electron chi connectivity index (χ4n) is 2.82. The smallest absolute Gasteiger partial charge is 0.337 e. The first kappa shape index (κ1) is 13.7. The fourth-order valence-corrected chi connectivity index (χ4v) is 3.66. The number of ether oxygens (including phenoxy) is 1. The van der Waals surface area contributed by atoms with Crippen molar-refractivity contribution in [3.63, 3.8) is 0 Å². The van der Waals surface area contributed by atoms with Gasteiger partial charge >= 0.3 is 5.97 Å². The van der Waals surface area contributed by atoms with Crippen LogP contribution >= 0.6 is 11.5 Å². The Balaban J connectivity index is 1.54. The lowest BCUT2D eigenvalue weighted by Gasteiger charge is -2.28. The predicted molar refractivity (Wildman–Crippen MR) is 84.4 cm³/mol. The molecular weight excluding hydrogens is 298 g/mol. The monoisotopic (exact) mass is 315 g/mol. The lowest BCUT2D eigenvalue weighted by Crippen LogP contribution is -2.31. The molecule has 2 aromatic rings. The first-order valence-electron chi connectivity index (χ1n) is 7.53. The molecule has 22 heavy (non-hydrogen) atoms. The summed E-state index contributed by atoms with van der Waals surface area (Å²) in [5.74, 6) is 1.24. The van der Waals surface area contributed by atoms with Crippen LogP contribution in [-0.2, 0) is 17.7 Å². The van der Waals surface area contributed by atoms with Crippen molar-refractivity contribution in [2.45, 2.75) is 31.7 Å². The number of fused-ring (bicyclic) bond motifs is 1. The molecule has 1 saturated carbocycles. The van der Waals surface area contributed by atoms with E-state index in [0.29, 0.717) is 11.5 Å². The molecule has 0 saturated heterocycles. The fraction of sp³-hybridized carbons (Fsp3) is 0.438. The summed E-state index contributed by atoms with van der Waals surface area (Å²) in [6.07, 6.45) is 3.42. The van der Waals surface area contributed by atoms with Gasteiger partial charge in [0.2, 0.25) is 5.95 Å². The summed E-state index contributed by atoms with van der Waals surface area (Å²) in [7, 11) is 1.41. The third-order valence-corrected chi connectivity index (χ3v) is 5.15. The van der Waals surface area contributed by atoms with Gasteiger partial charge in [-0.1, -0.05) is 6.07 Å². The number of carbonyl (C=O) groups is 1. The minimum atomic E-state index is -0.277. The highest BCUT2D eigenvalue weighted by Crippen LogP contribution is 2.41. The van der Waals surface area contributed by atoms with Gasteiger partial charge < -0.3 is 9.64 Å². The van der Waals surface area contributed by atoms with Gasteiger partial charge in [-0.3, -0.25) is 0 Å². The van der Waals surface area contributed by atoms with Gasteiger partial charge in [0.05, 0.1) is 12.7 Å². The van der Waals surface area contributed by atoms with Crippen molar-refractivity contribution in [1.29, 1.82) is 0 Å². The summed E-state index contributed by atoms with van der Waals surface area (Å²) in [5.41, 5.74) is 3.08. The molecular formula is C16H17N3O2S. The molecule has 1 fully saturated rings. The number of hydrogen-bond acceptors (Lipinski definition) is 6. The molecule has 1 aliphatic carbocycles. The van der Waals surface area contributed by atoms with Crippen molar-refractivity contribution in [2.24, 2.45) is 0 Å². The van der Waals surface area contributed by atoms with Crippen LogP contribution in [0.2, 0.25) is 0 Å². The maximum absolute atomic E-state index is 11.6. The van der Waals surface area contributed by atoms with Crippen LogP contribution in [0.1, 0.15) is 45.3 Å². The second kappa shape index (κ2) is 5.35. The molecule has 4 rings (SSSR count). The van der Waals surface area contributed by atoms with E-state index in [4.69, 9.17) is 4.74 Å². The highest BCUT2D eigenvalue weighted by Gasteiger charge is 2.29. The Morgan fingerprint density at radius 1 is 1.36 bits per heavy atom. The molecule has 1 aromatic heterocycles. The normalized spacial score (nSPS) is 17.2. The van der Waals surface area contributed by atoms with Crippen molar-refractivity contribution in [2.75, 3.05) is 18.6 Å². The summed E-state index contributed by atoms with van der Waals surface area (Å²) >= 11 is 1.54. The summed E-state index contributed by atoms with van der Waals surface area (Å²) in [4.78, 5) is 18.5. The van der Waals surface area contributed by atoms with Gasteiger partial charge in [0, 0.05) is 19.0 Å². The van der Waals surface area contributed by atoms with E-state index in [9.17, 15) is 4.79 Å². The van der Waals surface area contributed by atoms with Gasteiger partial charge in [-0.05, 0) is 54.1 Å². The van der Waals surface area contributed by atoms with Crippen LogP contribution in [0.5, 0.6) is 0 Å². The van der Waals surface area contributed by atoms with Crippen molar-refractivity contribution in [3.8, 4) is 0 Å². The van der Waals surface area contributed by atoms with Gasteiger partial charge in [-0.2, -0.15) is 4.37 Å². The first-order chi connectivity index (χ1) is 10.7. The Bertz CT molecular complexity index is 724. The standard InChI is InChI=1S/C16H17N3O2S/c1-21-15(20)12-4-5-13-9-19(7-6-11(13)8-12)16-17-14(22-18-16)10-2-3-10/h4-5,8,10H,2-3,6-7,9H2,1H3. The number of aromatic nitrogens is 2. The van der Waals surface area contributed by atoms with Crippen molar-refractivity contribution >= 4 is 23.5 Å². The van der Waals surface area contributed by atoms with Crippen molar-refractivity contribution < 1.29 is 9.53 Å².